The minimum absolute atomic E-state index is 0.0371. The summed E-state index contributed by atoms with van der Waals surface area (Å²) < 4.78 is 0. The Bertz CT molecular complexity index is 267. The predicted molar refractivity (Wildman–Crippen MR) is 68.5 cm³/mol. The van der Waals surface area contributed by atoms with Crippen LogP contribution >= 0.6 is 0 Å². The maximum absolute atomic E-state index is 11.3. The maximum atomic E-state index is 11.3. The molecule has 0 aliphatic carbocycles. The van der Waals surface area contributed by atoms with E-state index in [-0.39, 0.29) is 12.5 Å². The van der Waals surface area contributed by atoms with Crippen LogP contribution in [0.1, 0.15) is 45.4 Å². The molecule has 0 rings (SSSR count). The third kappa shape index (κ3) is 12.5. The van der Waals surface area contributed by atoms with Crippen LogP contribution in [0.15, 0.2) is 12.2 Å². The zero-order valence-corrected chi connectivity index (χ0v) is 10.9. The Morgan fingerprint density at radius 3 is 2.78 bits per heavy atom. The molecule has 0 fully saturated rings. The van der Waals surface area contributed by atoms with Crippen molar-refractivity contribution in [2.45, 2.75) is 45.4 Å². The lowest BCUT2D eigenvalue weighted by molar-refractivity contribution is -0.757. The molecule has 0 aromatic carbocycles. The van der Waals surface area contributed by atoms with Gasteiger partial charge in [-0.3, -0.25) is 4.79 Å². The van der Waals surface area contributed by atoms with Crippen LogP contribution in [-0.4, -0.2) is 24.1 Å². The van der Waals surface area contributed by atoms with Crippen LogP contribution < -0.4 is 5.32 Å². The molecule has 1 N–H and O–H groups in total. The van der Waals surface area contributed by atoms with Gasteiger partial charge in [0.15, 0.2) is 0 Å². The van der Waals surface area contributed by atoms with E-state index in [1.54, 1.807) is 0 Å². The van der Waals surface area contributed by atoms with Crippen molar-refractivity contribution in [3.8, 4) is 0 Å². The third-order valence-electron chi connectivity index (χ3n) is 2.27. The quantitative estimate of drug-likeness (QED) is 0.267. The van der Waals surface area contributed by atoms with Crippen LogP contribution in [0.25, 0.3) is 0 Å². The van der Waals surface area contributed by atoms with Crippen LogP contribution in [0.5, 0.6) is 0 Å². The van der Waals surface area contributed by atoms with E-state index in [1.165, 1.54) is 0 Å². The predicted octanol–water partition coefficient (Wildman–Crippen LogP) is 2.23. The SMILES string of the molecule is CC/C=C\CCCC(=O)NCCCCO[N+](=O)[O-]. The van der Waals surface area contributed by atoms with Crippen molar-refractivity contribution in [1.29, 1.82) is 0 Å². The Balaban J connectivity index is 3.26. The van der Waals surface area contributed by atoms with Crippen LogP contribution in [0.2, 0.25) is 0 Å². The number of nitrogens with one attached hydrogen (secondary N) is 1. The standard InChI is InChI=1S/C12H22N2O4/c1-2-3-4-5-6-9-12(15)13-10-7-8-11-18-14(16)17/h3-4H,2,5-11H2,1H3,(H,13,15)/b4-3-. The van der Waals surface area contributed by atoms with E-state index in [0.717, 1.165) is 19.3 Å². The lowest BCUT2D eigenvalue weighted by Crippen LogP contribution is -2.24. The summed E-state index contributed by atoms with van der Waals surface area (Å²) in [6, 6.07) is 0. The van der Waals surface area contributed by atoms with Gasteiger partial charge in [-0.1, -0.05) is 19.1 Å². The molecule has 6 heteroatoms. The van der Waals surface area contributed by atoms with Crippen molar-refractivity contribution < 1.29 is 14.7 Å². The van der Waals surface area contributed by atoms with E-state index in [9.17, 15) is 14.9 Å². The minimum Gasteiger partial charge on any atom is -0.356 e. The average Bonchev–Trinajstić information content (AvgIpc) is 2.33. The molecule has 104 valence electrons. The molecule has 0 unspecified atom stereocenters. The topological polar surface area (TPSA) is 81.5 Å². The Labute approximate surface area is 107 Å². The first kappa shape index (κ1) is 16.4. The van der Waals surface area contributed by atoms with Crippen LogP contribution in [0.3, 0.4) is 0 Å². The van der Waals surface area contributed by atoms with Crippen LogP contribution in [0, 0.1) is 10.1 Å². The highest BCUT2D eigenvalue weighted by molar-refractivity contribution is 5.75. The molecule has 0 spiro atoms. The second-order valence-corrected chi connectivity index (χ2v) is 3.89. The van der Waals surface area contributed by atoms with Crippen molar-refractivity contribution in [2.75, 3.05) is 13.2 Å². The van der Waals surface area contributed by atoms with Gasteiger partial charge in [0.2, 0.25) is 5.91 Å². The van der Waals surface area contributed by atoms with Crippen LogP contribution in [-0.2, 0) is 9.63 Å². The van der Waals surface area contributed by atoms with Gasteiger partial charge in [0, 0.05) is 13.0 Å². The molecule has 0 aromatic heterocycles. The molecule has 0 bridgehead atoms. The molecule has 0 aromatic rings. The summed E-state index contributed by atoms with van der Waals surface area (Å²) in [5, 5.41) is 11.8. The van der Waals surface area contributed by atoms with Gasteiger partial charge < -0.3 is 10.2 Å². The molecule has 18 heavy (non-hydrogen) atoms. The largest absolute Gasteiger partial charge is 0.356 e. The van der Waals surface area contributed by atoms with Gasteiger partial charge in [0.05, 0.1) is 6.61 Å². The molecular formula is C12H22N2O4. The highest BCUT2D eigenvalue weighted by Gasteiger charge is 1.99. The molecule has 0 atom stereocenters. The zero-order chi connectivity index (χ0) is 13.6. The monoisotopic (exact) mass is 258 g/mol. The molecule has 0 aliphatic heterocycles. The number of nitrogens with zero attached hydrogens (tertiary/aromatic N) is 1. The lowest BCUT2D eigenvalue weighted by atomic mass is 10.2. The van der Waals surface area contributed by atoms with E-state index >= 15 is 0 Å². The molecule has 0 saturated heterocycles. The van der Waals surface area contributed by atoms with E-state index in [2.05, 4.69) is 29.2 Å². The Kier molecular flexibility index (Phi) is 10.8. The minimum atomic E-state index is -0.803. The number of rotatable bonds is 11. The molecule has 0 heterocycles. The first-order valence-electron chi connectivity index (χ1n) is 6.35. The number of amides is 1. The Morgan fingerprint density at radius 1 is 1.33 bits per heavy atom. The fourth-order valence-electron chi connectivity index (χ4n) is 1.35. The normalized spacial score (nSPS) is 10.5. The zero-order valence-electron chi connectivity index (χ0n) is 10.9. The Hall–Kier alpha value is -1.59. The van der Waals surface area contributed by atoms with E-state index in [1.807, 2.05) is 0 Å². The summed E-state index contributed by atoms with van der Waals surface area (Å²) in [6.45, 7) is 2.71. The van der Waals surface area contributed by atoms with Crippen molar-refractivity contribution in [3.05, 3.63) is 22.3 Å². The lowest BCUT2D eigenvalue weighted by Gasteiger charge is -2.04. The summed E-state index contributed by atoms with van der Waals surface area (Å²) in [4.78, 5) is 25.3. The third-order valence-corrected chi connectivity index (χ3v) is 2.27. The van der Waals surface area contributed by atoms with Crippen molar-refractivity contribution in [2.24, 2.45) is 0 Å². The van der Waals surface area contributed by atoms with Gasteiger partial charge >= 0.3 is 0 Å². The second kappa shape index (κ2) is 11.9. The number of hydrogen-bond acceptors (Lipinski definition) is 4. The fraction of sp³-hybridized carbons (Fsp3) is 0.750. The van der Waals surface area contributed by atoms with E-state index in [0.29, 0.717) is 25.8 Å². The molecule has 0 aliphatic rings. The van der Waals surface area contributed by atoms with Gasteiger partial charge in [-0.25, -0.2) is 0 Å². The molecule has 0 radical (unpaired) electrons. The van der Waals surface area contributed by atoms with Gasteiger partial charge in [0.25, 0.3) is 5.09 Å². The van der Waals surface area contributed by atoms with Gasteiger partial charge in [-0.05, 0) is 32.1 Å². The van der Waals surface area contributed by atoms with Crippen molar-refractivity contribution in [1.82, 2.24) is 5.32 Å². The second-order valence-electron chi connectivity index (χ2n) is 3.89. The van der Waals surface area contributed by atoms with Gasteiger partial charge in [-0.2, -0.15) is 0 Å². The number of carbonyl (C=O) groups is 1. The summed E-state index contributed by atoms with van der Waals surface area (Å²) in [6.07, 6.45) is 8.77. The average molecular weight is 258 g/mol. The summed E-state index contributed by atoms with van der Waals surface area (Å²) >= 11 is 0. The van der Waals surface area contributed by atoms with Crippen molar-refractivity contribution in [3.63, 3.8) is 0 Å². The summed E-state index contributed by atoms with van der Waals surface area (Å²) in [5.74, 6) is 0.0371. The number of carbonyl (C=O) groups excluding carboxylic acids is 1. The number of allylic oxidation sites excluding steroid dienone is 2. The van der Waals surface area contributed by atoms with Gasteiger partial charge in [-0.15, -0.1) is 10.1 Å². The molecule has 1 amide bonds. The van der Waals surface area contributed by atoms with E-state index < -0.39 is 5.09 Å². The smallest absolute Gasteiger partial charge is 0.294 e. The first-order valence-corrected chi connectivity index (χ1v) is 6.35. The summed E-state index contributed by atoms with van der Waals surface area (Å²) in [5.41, 5.74) is 0. The Morgan fingerprint density at radius 2 is 2.11 bits per heavy atom. The number of hydrogen-bond donors (Lipinski definition) is 1. The number of unbranched alkanes of at least 4 members (excludes halogenated alkanes) is 2. The molecular weight excluding hydrogens is 236 g/mol. The highest BCUT2D eigenvalue weighted by Crippen LogP contribution is 1.98. The van der Waals surface area contributed by atoms with Crippen molar-refractivity contribution >= 4 is 5.91 Å². The highest BCUT2D eigenvalue weighted by atomic mass is 16.9. The fourth-order valence-corrected chi connectivity index (χ4v) is 1.35. The maximum Gasteiger partial charge on any atom is 0.294 e. The van der Waals surface area contributed by atoms with Crippen LogP contribution in [0.4, 0.5) is 0 Å². The molecule has 6 nitrogen and oxygen atoms in total. The van der Waals surface area contributed by atoms with Gasteiger partial charge in [0.1, 0.15) is 0 Å². The first-order chi connectivity index (χ1) is 8.66. The summed E-state index contributed by atoms with van der Waals surface area (Å²) in [7, 11) is 0. The molecule has 0 saturated carbocycles. The van der Waals surface area contributed by atoms with E-state index in [4.69, 9.17) is 0 Å².